The summed E-state index contributed by atoms with van der Waals surface area (Å²) >= 11 is 0. The number of phenolic OH excluding ortho intramolecular Hbond substituents is 22. The summed E-state index contributed by atoms with van der Waals surface area (Å²) in [7, 11) is 0. The molecule has 23 nitrogen and oxygen atoms in total. The molecule has 10 aromatic rings. The molecule has 0 spiro atoms. The second kappa shape index (κ2) is 13.5. The highest BCUT2D eigenvalue weighted by Gasteiger charge is 2.37. The van der Waals surface area contributed by atoms with Gasteiger partial charge in [-0.2, -0.15) is 0 Å². The zero-order chi connectivity index (χ0) is 50.0. The Kier molecular flexibility index (Phi) is 8.28. The van der Waals surface area contributed by atoms with E-state index in [0.29, 0.717) is 0 Å². The highest BCUT2D eigenvalue weighted by atomic mass is 16.4. The van der Waals surface area contributed by atoms with Crippen molar-refractivity contribution < 1.29 is 117 Å². The van der Waals surface area contributed by atoms with Crippen LogP contribution in [0.15, 0.2) is 40.8 Å². The smallest absolute Gasteiger partial charge is 0.205 e. The first kappa shape index (κ1) is 42.4. The number of fused-ring (bicyclic) bond motifs is 7. The maximum atomic E-state index is 11.7. The normalized spacial score (nSPS) is 11.9. The van der Waals surface area contributed by atoms with E-state index in [2.05, 4.69) is 0 Å². The van der Waals surface area contributed by atoms with E-state index in [9.17, 15) is 112 Å². The molecule has 0 saturated carbocycles. The number of aromatic hydroxyl groups is 22. The molecule has 350 valence electrons. The Balaban J connectivity index is 1.35. The highest BCUT2D eigenvalue weighted by Crippen LogP contribution is 2.67. The zero-order valence-electron chi connectivity index (χ0n) is 33.7. The van der Waals surface area contributed by atoms with E-state index >= 15 is 0 Å². The van der Waals surface area contributed by atoms with Crippen molar-refractivity contribution in [2.24, 2.45) is 0 Å². The van der Waals surface area contributed by atoms with Crippen LogP contribution in [0.5, 0.6) is 126 Å². The molecule has 0 bridgehead atoms. The minimum absolute atomic E-state index is 0.0493. The molecule has 0 saturated heterocycles. The number of hydrogen-bond acceptors (Lipinski definition) is 23. The van der Waals surface area contributed by atoms with Crippen molar-refractivity contribution in [2.45, 2.75) is 0 Å². The van der Waals surface area contributed by atoms with Gasteiger partial charge in [0.25, 0.3) is 0 Å². The second-order valence-electron chi connectivity index (χ2n) is 15.7. The largest absolute Gasteiger partial charge is 0.504 e. The number of benzene rings is 9. The average molecular weight is 949 g/mol. The minimum Gasteiger partial charge on any atom is -0.504 e. The number of hydrogen-bond donors (Lipinski definition) is 22. The molecule has 0 aliphatic carbocycles. The van der Waals surface area contributed by atoms with Crippen LogP contribution < -0.4 is 0 Å². The van der Waals surface area contributed by atoms with E-state index in [1.54, 1.807) is 0 Å². The SMILES string of the molecule is Oc1c(O)c(O)c2c(-c3ccc4oc5cc(-c6c7c(O)c(O)c(O)c(O)c7c(-c7c(O)c(O)c(O)c8c(O)c(O)c(O)c(O)c78)c7c(O)c(O)c(O)c(O)c67)ccc5c4c3)c(O)c(O)c(O)c2c1O. The molecule has 10 rings (SSSR count). The summed E-state index contributed by atoms with van der Waals surface area (Å²) in [6, 6.07) is 7.59. The highest BCUT2D eigenvalue weighted by molar-refractivity contribution is 6.32. The van der Waals surface area contributed by atoms with Crippen LogP contribution in [0.25, 0.3) is 98.4 Å². The third-order valence-corrected chi connectivity index (χ3v) is 12.2. The molecular weight excluding hydrogens is 920 g/mol. The fraction of sp³-hybridized carbons (Fsp3) is 0. The van der Waals surface area contributed by atoms with Gasteiger partial charge in [-0.1, -0.05) is 12.1 Å². The molecule has 23 heteroatoms. The van der Waals surface area contributed by atoms with Crippen LogP contribution in [-0.2, 0) is 0 Å². The number of furan rings is 1. The summed E-state index contributed by atoms with van der Waals surface area (Å²) in [5.41, 5.74) is -3.73. The van der Waals surface area contributed by atoms with Crippen LogP contribution in [0.4, 0.5) is 0 Å². The summed E-state index contributed by atoms with van der Waals surface area (Å²) < 4.78 is 6.09. The summed E-state index contributed by atoms with van der Waals surface area (Å²) in [5.74, 6) is -30.3. The van der Waals surface area contributed by atoms with Gasteiger partial charge in [0.05, 0.1) is 10.8 Å². The molecule has 0 aliphatic rings. The van der Waals surface area contributed by atoms with Gasteiger partial charge < -0.3 is 117 Å². The van der Waals surface area contributed by atoms with Crippen molar-refractivity contribution in [1.82, 2.24) is 0 Å². The lowest BCUT2D eigenvalue weighted by Crippen LogP contribution is -1.96. The van der Waals surface area contributed by atoms with Crippen molar-refractivity contribution in [3.8, 4) is 160 Å². The van der Waals surface area contributed by atoms with Crippen LogP contribution >= 0.6 is 0 Å². The van der Waals surface area contributed by atoms with Gasteiger partial charge in [-0.25, -0.2) is 0 Å². The van der Waals surface area contributed by atoms with Crippen LogP contribution in [-0.4, -0.2) is 112 Å². The minimum atomic E-state index is -1.56. The van der Waals surface area contributed by atoms with E-state index < -0.39 is 192 Å². The maximum Gasteiger partial charge on any atom is 0.205 e. The van der Waals surface area contributed by atoms with Crippen LogP contribution in [0.3, 0.4) is 0 Å². The molecule has 0 fully saturated rings. The van der Waals surface area contributed by atoms with Gasteiger partial charge in [0.15, 0.2) is 69.0 Å². The Hall–Kier alpha value is -10.6. The summed E-state index contributed by atoms with van der Waals surface area (Å²) in [5, 5.41) is 235. The van der Waals surface area contributed by atoms with Gasteiger partial charge in [-0.15, -0.1) is 0 Å². The zero-order valence-corrected chi connectivity index (χ0v) is 33.7. The van der Waals surface area contributed by atoms with Gasteiger partial charge in [-0.05, 0) is 35.4 Å². The molecule has 1 aromatic heterocycles. The first-order valence-corrected chi connectivity index (χ1v) is 19.3. The third-order valence-electron chi connectivity index (χ3n) is 12.2. The number of phenols is 22. The predicted molar refractivity (Wildman–Crippen MR) is 237 cm³/mol. The van der Waals surface area contributed by atoms with E-state index in [0.717, 1.165) is 0 Å². The van der Waals surface area contributed by atoms with Crippen molar-refractivity contribution in [3.05, 3.63) is 36.4 Å². The molecule has 0 aliphatic heterocycles. The first-order valence-electron chi connectivity index (χ1n) is 19.3. The fourth-order valence-electron chi connectivity index (χ4n) is 9.05. The molecule has 9 aromatic carbocycles. The lowest BCUT2D eigenvalue weighted by molar-refractivity contribution is 0.347. The van der Waals surface area contributed by atoms with Crippen LogP contribution in [0.2, 0.25) is 0 Å². The van der Waals surface area contributed by atoms with Gasteiger partial charge >= 0.3 is 0 Å². The fourth-order valence-corrected chi connectivity index (χ4v) is 9.05. The molecule has 0 amide bonds. The molecule has 69 heavy (non-hydrogen) atoms. The Morgan fingerprint density at radius 1 is 0.203 bits per heavy atom. The van der Waals surface area contributed by atoms with E-state index in [-0.39, 0.29) is 33.1 Å². The molecule has 22 N–H and O–H groups in total. The molecule has 0 radical (unpaired) electrons. The van der Waals surface area contributed by atoms with Crippen LogP contribution in [0, 0.1) is 0 Å². The standard InChI is InChI=1S/C46H28O23/c47-25-14(18-23(33(55)37(25)59)35(57)45(67)41(63)28(18)50)7-2-4-11-10(5-7)9-3-1-8(6-12(9)69-11)13-16-19(30(52)42(64)39(61)26(16)48)15(20-17(13)27(49)40(62)43(65)31(20)53)21-22-24(34(56)38(60)29(21)51)36(58)46(68)44(66)32(22)54/h1-6,47-68H. The molecule has 0 atom stereocenters. The van der Waals surface area contributed by atoms with Crippen molar-refractivity contribution in [1.29, 1.82) is 0 Å². The van der Waals surface area contributed by atoms with E-state index in [4.69, 9.17) is 4.42 Å². The molecule has 1 heterocycles. The monoisotopic (exact) mass is 948 g/mol. The number of rotatable bonds is 3. The summed E-state index contributed by atoms with van der Waals surface area (Å²) in [6.45, 7) is 0. The average Bonchev–Trinajstić information content (AvgIpc) is 3.70. The van der Waals surface area contributed by atoms with Gasteiger partial charge in [-0.3, -0.25) is 0 Å². The molecular formula is C46H28O23. The molecule has 0 unspecified atom stereocenters. The van der Waals surface area contributed by atoms with Gasteiger partial charge in [0, 0.05) is 65.3 Å². The second-order valence-corrected chi connectivity index (χ2v) is 15.7. The third kappa shape index (κ3) is 5.02. The topological polar surface area (TPSA) is 458 Å². The lowest BCUT2D eigenvalue weighted by atomic mass is 9.81. The van der Waals surface area contributed by atoms with Crippen LogP contribution in [0.1, 0.15) is 0 Å². The summed E-state index contributed by atoms with van der Waals surface area (Å²) in [4.78, 5) is 0. The van der Waals surface area contributed by atoms with Gasteiger partial charge in [0.1, 0.15) is 11.2 Å². The van der Waals surface area contributed by atoms with Crippen molar-refractivity contribution >= 4 is 65.0 Å². The first-order chi connectivity index (χ1) is 32.5. The maximum absolute atomic E-state index is 11.7. The quantitative estimate of drug-likeness (QED) is 0.0496. The Bertz CT molecular complexity index is 4000. The Labute approximate surface area is 377 Å². The van der Waals surface area contributed by atoms with E-state index in [1.807, 2.05) is 0 Å². The van der Waals surface area contributed by atoms with Crippen molar-refractivity contribution in [2.75, 3.05) is 0 Å². The Morgan fingerprint density at radius 3 is 0.899 bits per heavy atom. The van der Waals surface area contributed by atoms with E-state index in [1.165, 1.54) is 36.4 Å². The van der Waals surface area contributed by atoms with Crippen molar-refractivity contribution in [3.63, 3.8) is 0 Å². The summed E-state index contributed by atoms with van der Waals surface area (Å²) in [6.07, 6.45) is 0. The predicted octanol–water partition coefficient (Wildman–Crippen LogP) is 6.72. The lowest BCUT2D eigenvalue weighted by Gasteiger charge is -2.24. The van der Waals surface area contributed by atoms with Gasteiger partial charge in [0.2, 0.25) is 57.5 Å². The Morgan fingerprint density at radius 2 is 0.493 bits per heavy atom.